The number of hydrazine groups is 1. The maximum Gasteiger partial charge on any atom is 0.135 e. The normalized spacial score (nSPS) is 44.7. The van der Waals surface area contributed by atoms with Crippen LogP contribution >= 0.6 is 0 Å². The first kappa shape index (κ1) is 22.4. The minimum Gasteiger partial charge on any atom is -0.384 e. The fourth-order valence-electron chi connectivity index (χ4n) is 8.96. The molecule has 4 N–H and O–H groups in total. The van der Waals surface area contributed by atoms with Gasteiger partial charge < -0.3 is 10.6 Å². The highest BCUT2D eigenvalue weighted by Gasteiger charge is 2.57. The summed E-state index contributed by atoms with van der Waals surface area (Å²) in [6.07, 6.45) is 12.9. The van der Waals surface area contributed by atoms with E-state index in [2.05, 4.69) is 18.9 Å². The lowest BCUT2D eigenvalue weighted by Crippen LogP contribution is -2.50. The predicted molar refractivity (Wildman–Crippen MR) is 123 cm³/mol. The fraction of sp³-hybridized carbons (Fsp3) is 0.960. The molecule has 5 nitrogen and oxygen atoms in total. The monoisotopic (exact) mass is 418 g/mol. The summed E-state index contributed by atoms with van der Waals surface area (Å²) in [4.78, 5) is 0. The van der Waals surface area contributed by atoms with E-state index in [1.165, 1.54) is 57.8 Å². The lowest BCUT2D eigenvalue weighted by molar-refractivity contribution is -0.0776. The van der Waals surface area contributed by atoms with Crippen molar-refractivity contribution in [2.24, 2.45) is 69.5 Å². The lowest BCUT2D eigenvalue weighted by Gasteiger charge is -2.57. The quantitative estimate of drug-likeness (QED) is 0.295. The number of hydrogen-bond donors (Lipinski definition) is 2. The summed E-state index contributed by atoms with van der Waals surface area (Å²) in [6, 6.07) is 0. The van der Waals surface area contributed by atoms with Crippen molar-refractivity contribution in [1.29, 1.82) is 0 Å². The van der Waals surface area contributed by atoms with Crippen LogP contribution in [0.5, 0.6) is 0 Å². The van der Waals surface area contributed by atoms with E-state index in [4.69, 9.17) is 16.4 Å². The van der Waals surface area contributed by atoms with Crippen molar-refractivity contribution in [3.63, 3.8) is 0 Å². The molecule has 4 rings (SSSR count). The second kappa shape index (κ2) is 8.97. The maximum absolute atomic E-state index is 6.23. The molecule has 0 aromatic heterocycles. The minimum atomic E-state index is 0.495. The van der Waals surface area contributed by atoms with Gasteiger partial charge in [-0.05, 0) is 117 Å². The van der Waals surface area contributed by atoms with Crippen LogP contribution in [-0.2, 0) is 4.74 Å². The molecule has 0 bridgehead atoms. The van der Waals surface area contributed by atoms with Crippen molar-refractivity contribution >= 4 is 5.84 Å². The van der Waals surface area contributed by atoms with E-state index in [-0.39, 0.29) is 0 Å². The number of rotatable bonds is 5. The van der Waals surface area contributed by atoms with E-state index < -0.39 is 0 Å². The second-order valence-corrected chi connectivity index (χ2v) is 11.6. The molecule has 9 atom stereocenters. The van der Waals surface area contributed by atoms with Crippen molar-refractivity contribution in [2.45, 2.75) is 78.6 Å². The van der Waals surface area contributed by atoms with Gasteiger partial charge in [0, 0.05) is 20.3 Å². The highest BCUT2D eigenvalue weighted by molar-refractivity contribution is 5.78. The number of ether oxygens (including phenoxy) is 1. The standard InChI is InChI=1S/C25H46N4O/c1-16(14-29(27)17(2)28-26)23-9-10-24-22-8-6-19-13-18(15-30-4)5-7-20(19)21(22)11-12-25(23,24)3/h16,18-24H,5-15,26-27H2,1-4H3/b28-17-/t16-,18?,19?,20?,21?,22?,23?,24?,25?/m1/s1. The average molecular weight is 419 g/mol. The van der Waals surface area contributed by atoms with Crippen LogP contribution in [0, 0.1) is 52.8 Å². The van der Waals surface area contributed by atoms with Gasteiger partial charge in [-0.3, -0.25) is 5.01 Å². The van der Waals surface area contributed by atoms with Gasteiger partial charge in [0.15, 0.2) is 0 Å². The van der Waals surface area contributed by atoms with Crippen LogP contribution in [0.15, 0.2) is 5.10 Å². The van der Waals surface area contributed by atoms with Gasteiger partial charge in [0.2, 0.25) is 0 Å². The van der Waals surface area contributed by atoms with Gasteiger partial charge in [-0.2, -0.15) is 5.10 Å². The number of hydrazone groups is 1. The van der Waals surface area contributed by atoms with Crippen molar-refractivity contribution in [2.75, 3.05) is 20.3 Å². The molecular formula is C25H46N4O. The zero-order chi connectivity index (χ0) is 21.5. The van der Waals surface area contributed by atoms with Crippen LogP contribution in [0.25, 0.3) is 0 Å². The van der Waals surface area contributed by atoms with E-state index in [1.807, 2.05) is 14.0 Å². The Morgan fingerprint density at radius 1 is 1.10 bits per heavy atom. The van der Waals surface area contributed by atoms with Gasteiger partial charge >= 0.3 is 0 Å². The Hall–Kier alpha value is -0.810. The summed E-state index contributed by atoms with van der Waals surface area (Å²) in [5.74, 6) is 19.5. The predicted octanol–water partition coefficient (Wildman–Crippen LogP) is 4.62. The molecule has 0 amide bonds. The summed E-state index contributed by atoms with van der Waals surface area (Å²) in [7, 11) is 1.87. The minimum absolute atomic E-state index is 0.495. The zero-order valence-corrected chi connectivity index (χ0v) is 19.9. The van der Waals surface area contributed by atoms with Crippen molar-refractivity contribution in [3.05, 3.63) is 0 Å². The van der Waals surface area contributed by atoms with Gasteiger partial charge in [-0.25, -0.2) is 5.84 Å². The number of nitrogens with two attached hydrogens (primary N) is 2. The molecule has 0 aromatic rings. The summed E-state index contributed by atoms with van der Waals surface area (Å²) >= 11 is 0. The highest BCUT2D eigenvalue weighted by Crippen LogP contribution is 2.65. The van der Waals surface area contributed by atoms with Crippen molar-refractivity contribution < 1.29 is 4.74 Å². The molecule has 8 unspecified atom stereocenters. The topological polar surface area (TPSA) is 76.9 Å². The van der Waals surface area contributed by atoms with E-state index in [1.54, 1.807) is 5.01 Å². The molecule has 0 radical (unpaired) electrons. The molecule has 30 heavy (non-hydrogen) atoms. The first-order valence-electron chi connectivity index (χ1n) is 12.6. The Morgan fingerprint density at radius 3 is 2.60 bits per heavy atom. The molecule has 0 heterocycles. The summed E-state index contributed by atoms with van der Waals surface area (Å²) in [5.41, 5.74) is 0.495. The summed E-state index contributed by atoms with van der Waals surface area (Å²) in [6.45, 7) is 8.77. The number of amidine groups is 1. The molecular weight excluding hydrogens is 372 g/mol. The third kappa shape index (κ3) is 3.90. The van der Waals surface area contributed by atoms with Crippen LogP contribution < -0.4 is 11.7 Å². The molecule has 0 aromatic carbocycles. The molecule has 0 aliphatic heterocycles. The lowest BCUT2D eigenvalue weighted by atomic mass is 9.49. The second-order valence-electron chi connectivity index (χ2n) is 11.6. The fourth-order valence-corrected chi connectivity index (χ4v) is 8.96. The Kier molecular flexibility index (Phi) is 6.70. The van der Waals surface area contributed by atoms with Gasteiger partial charge in [0.05, 0.1) is 0 Å². The Labute approximate surface area is 184 Å². The molecule has 4 aliphatic carbocycles. The maximum atomic E-state index is 6.23. The van der Waals surface area contributed by atoms with E-state index in [0.29, 0.717) is 11.3 Å². The molecule has 172 valence electrons. The molecule has 4 fully saturated rings. The third-order valence-corrected chi connectivity index (χ3v) is 10.3. The van der Waals surface area contributed by atoms with Crippen LogP contribution in [0.2, 0.25) is 0 Å². The number of nitrogens with zero attached hydrogens (tertiary/aromatic N) is 2. The number of methoxy groups -OCH3 is 1. The molecule has 0 spiro atoms. The van der Waals surface area contributed by atoms with Gasteiger partial charge in [-0.1, -0.05) is 13.8 Å². The Bertz CT molecular complexity index is 624. The SMILES string of the molecule is COCC1CCC2C(CCC3C2CCC2(C)C3CCC2[C@H](C)CN(N)/C(C)=N\N)C1. The zero-order valence-electron chi connectivity index (χ0n) is 19.9. The Balaban J connectivity index is 1.43. The van der Waals surface area contributed by atoms with Gasteiger partial charge in [0.1, 0.15) is 5.84 Å². The highest BCUT2D eigenvalue weighted by atomic mass is 16.5. The smallest absolute Gasteiger partial charge is 0.135 e. The number of hydrogen-bond acceptors (Lipinski definition) is 4. The first-order valence-corrected chi connectivity index (χ1v) is 12.6. The summed E-state index contributed by atoms with van der Waals surface area (Å²) in [5, 5.41) is 5.55. The van der Waals surface area contributed by atoms with E-state index in [0.717, 1.165) is 60.4 Å². The van der Waals surface area contributed by atoms with Crippen molar-refractivity contribution in [3.8, 4) is 0 Å². The Morgan fingerprint density at radius 2 is 1.87 bits per heavy atom. The number of fused-ring (bicyclic) bond motifs is 5. The molecule has 4 aliphatic rings. The van der Waals surface area contributed by atoms with Gasteiger partial charge in [0.25, 0.3) is 0 Å². The van der Waals surface area contributed by atoms with Crippen LogP contribution in [-0.4, -0.2) is 31.1 Å². The molecule has 4 saturated carbocycles. The average Bonchev–Trinajstić information content (AvgIpc) is 3.10. The first-order chi connectivity index (χ1) is 14.4. The summed E-state index contributed by atoms with van der Waals surface area (Å²) < 4.78 is 5.49. The van der Waals surface area contributed by atoms with Crippen LogP contribution in [0.3, 0.4) is 0 Å². The van der Waals surface area contributed by atoms with Gasteiger partial charge in [-0.15, -0.1) is 0 Å². The largest absolute Gasteiger partial charge is 0.384 e. The van der Waals surface area contributed by atoms with Crippen LogP contribution in [0.4, 0.5) is 0 Å². The third-order valence-electron chi connectivity index (χ3n) is 10.3. The van der Waals surface area contributed by atoms with Crippen molar-refractivity contribution in [1.82, 2.24) is 5.01 Å². The van der Waals surface area contributed by atoms with E-state index in [9.17, 15) is 0 Å². The molecule has 0 saturated heterocycles. The van der Waals surface area contributed by atoms with Crippen LogP contribution in [0.1, 0.15) is 78.6 Å². The molecule has 5 heteroatoms. The van der Waals surface area contributed by atoms with E-state index >= 15 is 0 Å².